The van der Waals surface area contributed by atoms with Crippen molar-refractivity contribution in [1.29, 1.82) is 0 Å². The summed E-state index contributed by atoms with van der Waals surface area (Å²) in [7, 11) is 3.06. The number of ether oxygens (including phenoxy) is 1. The Hall–Kier alpha value is -1.81. The van der Waals surface area contributed by atoms with Crippen LogP contribution < -0.4 is 0 Å². The molecule has 0 aliphatic heterocycles. The van der Waals surface area contributed by atoms with Gasteiger partial charge < -0.3 is 4.74 Å². The SMILES string of the molecule is CCO/C(CCc1ccccc1)=C(/C)C(=O)N(C)OC. The fraction of sp³-hybridized carbons (Fsp3) is 0.438. The highest BCUT2D eigenvalue weighted by molar-refractivity contribution is 5.92. The molecule has 0 atom stereocenters. The number of aryl methyl sites for hydroxylation is 1. The average molecular weight is 277 g/mol. The summed E-state index contributed by atoms with van der Waals surface area (Å²) in [5.74, 6) is 0.550. The van der Waals surface area contributed by atoms with Crippen molar-refractivity contribution in [3.63, 3.8) is 0 Å². The molecular formula is C16H23NO3. The van der Waals surface area contributed by atoms with Crippen molar-refractivity contribution in [3.8, 4) is 0 Å². The minimum Gasteiger partial charge on any atom is -0.498 e. The maximum atomic E-state index is 12.1. The number of rotatable bonds is 7. The van der Waals surface area contributed by atoms with Gasteiger partial charge in [0.05, 0.1) is 19.3 Å². The van der Waals surface area contributed by atoms with Crippen LogP contribution in [0.2, 0.25) is 0 Å². The van der Waals surface area contributed by atoms with Crippen LogP contribution in [0.1, 0.15) is 25.8 Å². The van der Waals surface area contributed by atoms with Gasteiger partial charge in [-0.1, -0.05) is 30.3 Å². The second-order valence-electron chi connectivity index (χ2n) is 4.45. The molecule has 1 aromatic carbocycles. The summed E-state index contributed by atoms with van der Waals surface area (Å²) in [5, 5.41) is 1.21. The summed E-state index contributed by atoms with van der Waals surface area (Å²) in [4.78, 5) is 17.0. The number of benzene rings is 1. The minimum atomic E-state index is -0.177. The summed E-state index contributed by atoms with van der Waals surface area (Å²) in [6.45, 7) is 4.24. The third-order valence-electron chi connectivity index (χ3n) is 3.10. The zero-order chi connectivity index (χ0) is 15.0. The molecule has 0 aliphatic rings. The molecule has 0 bridgehead atoms. The summed E-state index contributed by atoms with van der Waals surface area (Å²) in [6.07, 6.45) is 1.55. The number of allylic oxidation sites excluding steroid dienone is 1. The number of nitrogens with zero attached hydrogens (tertiary/aromatic N) is 1. The molecule has 0 spiro atoms. The molecule has 0 unspecified atom stereocenters. The molecule has 0 saturated carbocycles. The van der Waals surface area contributed by atoms with E-state index in [0.29, 0.717) is 18.6 Å². The molecule has 20 heavy (non-hydrogen) atoms. The molecule has 0 radical (unpaired) electrons. The van der Waals surface area contributed by atoms with Crippen molar-refractivity contribution in [1.82, 2.24) is 5.06 Å². The van der Waals surface area contributed by atoms with E-state index >= 15 is 0 Å². The summed E-state index contributed by atoms with van der Waals surface area (Å²) >= 11 is 0. The Labute approximate surface area is 120 Å². The van der Waals surface area contributed by atoms with Gasteiger partial charge in [-0.05, 0) is 25.8 Å². The Balaban J connectivity index is 2.79. The molecule has 0 saturated heterocycles. The van der Waals surface area contributed by atoms with Crippen molar-refractivity contribution in [2.24, 2.45) is 0 Å². The number of hydroxylamine groups is 2. The predicted molar refractivity (Wildman–Crippen MR) is 78.9 cm³/mol. The van der Waals surface area contributed by atoms with Crippen LogP contribution in [0, 0.1) is 0 Å². The normalized spacial score (nSPS) is 11.8. The largest absolute Gasteiger partial charge is 0.498 e. The summed E-state index contributed by atoms with van der Waals surface area (Å²) in [6, 6.07) is 10.2. The van der Waals surface area contributed by atoms with Crippen LogP contribution in [0.4, 0.5) is 0 Å². The van der Waals surface area contributed by atoms with Crippen LogP contribution >= 0.6 is 0 Å². The van der Waals surface area contributed by atoms with Gasteiger partial charge in [-0.15, -0.1) is 0 Å². The summed E-state index contributed by atoms with van der Waals surface area (Å²) in [5.41, 5.74) is 1.82. The van der Waals surface area contributed by atoms with Gasteiger partial charge in [0, 0.05) is 13.5 Å². The van der Waals surface area contributed by atoms with E-state index in [2.05, 4.69) is 12.1 Å². The van der Waals surface area contributed by atoms with Crippen LogP contribution in [-0.4, -0.2) is 31.7 Å². The smallest absolute Gasteiger partial charge is 0.276 e. The molecule has 1 aromatic rings. The Bertz CT molecular complexity index is 454. The van der Waals surface area contributed by atoms with E-state index in [1.54, 1.807) is 14.0 Å². The highest BCUT2D eigenvalue weighted by Crippen LogP contribution is 2.16. The second kappa shape index (κ2) is 8.38. The minimum absolute atomic E-state index is 0.177. The van der Waals surface area contributed by atoms with E-state index in [1.807, 2.05) is 25.1 Å². The third-order valence-corrected chi connectivity index (χ3v) is 3.10. The van der Waals surface area contributed by atoms with Crippen molar-refractivity contribution < 1.29 is 14.4 Å². The van der Waals surface area contributed by atoms with Gasteiger partial charge >= 0.3 is 0 Å². The molecule has 0 heterocycles. The van der Waals surface area contributed by atoms with Crippen molar-refractivity contribution >= 4 is 5.91 Å². The average Bonchev–Trinajstić information content (AvgIpc) is 2.50. The maximum Gasteiger partial charge on any atom is 0.276 e. The molecule has 0 aromatic heterocycles. The van der Waals surface area contributed by atoms with E-state index in [4.69, 9.17) is 9.57 Å². The Kier molecular flexibility index (Phi) is 6.81. The Morgan fingerprint density at radius 1 is 1.25 bits per heavy atom. The number of hydrogen-bond acceptors (Lipinski definition) is 3. The van der Waals surface area contributed by atoms with Crippen LogP contribution in [0.5, 0.6) is 0 Å². The fourth-order valence-electron chi connectivity index (χ4n) is 1.88. The summed E-state index contributed by atoms with van der Waals surface area (Å²) < 4.78 is 5.62. The molecular weight excluding hydrogens is 254 g/mol. The molecule has 110 valence electrons. The van der Waals surface area contributed by atoms with E-state index < -0.39 is 0 Å². The van der Waals surface area contributed by atoms with Crippen molar-refractivity contribution in [3.05, 3.63) is 47.2 Å². The number of carbonyl (C=O) groups is 1. The number of carbonyl (C=O) groups excluding carboxylic acids is 1. The lowest BCUT2D eigenvalue weighted by atomic mass is 10.1. The highest BCUT2D eigenvalue weighted by Gasteiger charge is 2.16. The molecule has 1 rings (SSSR count). The van der Waals surface area contributed by atoms with E-state index in [1.165, 1.54) is 17.7 Å². The highest BCUT2D eigenvalue weighted by atomic mass is 16.7. The van der Waals surface area contributed by atoms with E-state index in [9.17, 15) is 4.79 Å². The van der Waals surface area contributed by atoms with Crippen molar-refractivity contribution in [2.75, 3.05) is 20.8 Å². The van der Waals surface area contributed by atoms with Crippen molar-refractivity contribution in [2.45, 2.75) is 26.7 Å². The fourth-order valence-corrected chi connectivity index (χ4v) is 1.88. The predicted octanol–water partition coefficient (Wildman–Crippen LogP) is 2.95. The molecule has 4 nitrogen and oxygen atoms in total. The standard InChI is InChI=1S/C16H23NO3/c1-5-20-15(13(2)16(18)17(3)19-4)12-11-14-9-7-6-8-10-14/h6-10H,5,11-12H2,1-4H3/b15-13-. The first-order chi connectivity index (χ1) is 9.60. The third kappa shape index (κ3) is 4.70. The zero-order valence-electron chi connectivity index (χ0n) is 12.7. The number of amides is 1. The first-order valence-electron chi connectivity index (χ1n) is 6.78. The first kappa shape index (κ1) is 16.2. The second-order valence-corrected chi connectivity index (χ2v) is 4.45. The first-order valence-corrected chi connectivity index (χ1v) is 6.78. The van der Waals surface area contributed by atoms with Gasteiger partial charge in [0.15, 0.2) is 0 Å². The van der Waals surface area contributed by atoms with Gasteiger partial charge in [0.2, 0.25) is 0 Å². The topological polar surface area (TPSA) is 38.8 Å². The van der Waals surface area contributed by atoms with Gasteiger partial charge in [0.1, 0.15) is 5.76 Å². The lowest BCUT2D eigenvalue weighted by molar-refractivity contribution is -0.164. The lowest BCUT2D eigenvalue weighted by Crippen LogP contribution is -2.27. The lowest BCUT2D eigenvalue weighted by Gasteiger charge is -2.17. The Morgan fingerprint density at radius 2 is 1.90 bits per heavy atom. The van der Waals surface area contributed by atoms with Gasteiger partial charge in [-0.2, -0.15) is 0 Å². The zero-order valence-corrected chi connectivity index (χ0v) is 12.7. The van der Waals surface area contributed by atoms with Crippen LogP contribution in [-0.2, 0) is 20.8 Å². The number of likely N-dealkylation sites (N-methyl/N-ethyl adjacent to an activating group) is 1. The van der Waals surface area contributed by atoms with E-state index in [-0.39, 0.29) is 5.91 Å². The molecule has 0 fully saturated rings. The van der Waals surface area contributed by atoms with Gasteiger partial charge in [-0.3, -0.25) is 9.63 Å². The number of hydrogen-bond donors (Lipinski definition) is 0. The monoisotopic (exact) mass is 277 g/mol. The van der Waals surface area contributed by atoms with Crippen LogP contribution in [0.3, 0.4) is 0 Å². The maximum absolute atomic E-state index is 12.1. The molecule has 1 amide bonds. The molecule has 0 N–H and O–H groups in total. The van der Waals surface area contributed by atoms with E-state index in [0.717, 1.165) is 12.2 Å². The van der Waals surface area contributed by atoms with Crippen LogP contribution in [0.15, 0.2) is 41.7 Å². The van der Waals surface area contributed by atoms with Crippen LogP contribution in [0.25, 0.3) is 0 Å². The Morgan fingerprint density at radius 3 is 2.45 bits per heavy atom. The quantitative estimate of drug-likeness (QED) is 0.437. The van der Waals surface area contributed by atoms with Gasteiger partial charge in [-0.25, -0.2) is 5.06 Å². The molecule has 4 heteroatoms. The molecule has 0 aliphatic carbocycles. The van der Waals surface area contributed by atoms with Gasteiger partial charge in [0.25, 0.3) is 5.91 Å².